The van der Waals surface area contributed by atoms with Gasteiger partial charge in [0, 0.05) is 7.05 Å². The zero-order valence-corrected chi connectivity index (χ0v) is 9.28. The number of hydrogen-bond donors (Lipinski definition) is 2. The highest BCUT2D eigenvalue weighted by atomic mass is 32.2. The maximum atomic E-state index is 11.1. The van der Waals surface area contributed by atoms with E-state index in [9.17, 15) is 8.42 Å². The third-order valence-corrected chi connectivity index (χ3v) is 2.92. The van der Waals surface area contributed by atoms with Gasteiger partial charge in [-0.15, -0.1) is 0 Å². The predicted molar refractivity (Wildman–Crippen MR) is 57.6 cm³/mol. The minimum atomic E-state index is -3.77. The lowest BCUT2D eigenvalue weighted by Crippen LogP contribution is -2.17. The average Bonchev–Trinajstić information content (AvgIpc) is 2.14. The molecule has 0 bridgehead atoms. The van der Waals surface area contributed by atoms with E-state index >= 15 is 0 Å². The van der Waals surface area contributed by atoms with E-state index in [4.69, 9.17) is 15.7 Å². The first-order chi connectivity index (χ1) is 6.86. The molecule has 7 heteroatoms. The van der Waals surface area contributed by atoms with Gasteiger partial charge in [0.05, 0.1) is 18.5 Å². The van der Waals surface area contributed by atoms with Crippen molar-refractivity contribution in [3.63, 3.8) is 0 Å². The summed E-state index contributed by atoms with van der Waals surface area (Å²) in [6.45, 7) is 0. The topological polar surface area (TPSA) is 98.6 Å². The second-order valence-electron chi connectivity index (χ2n) is 2.95. The number of nitrogens with zero attached hydrogens (tertiary/aromatic N) is 1. The molecule has 0 spiro atoms. The summed E-state index contributed by atoms with van der Waals surface area (Å²) in [4.78, 5) is 4.83. The zero-order valence-electron chi connectivity index (χ0n) is 8.47. The van der Waals surface area contributed by atoms with Crippen LogP contribution in [0.3, 0.4) is 0 Å². The van der Waals surface area contributed by atoms with E-state index in [1.54, 1.807) is 13.1 Å². The van der Waals surface area contributed by atoms with Crippen molar-refractivity contribution < 1.29 is 13.3 Å². The van der Waals surface area contributed by atoms with Crippen molar-refractivity contribution in [2.45, 2.75) is 4.90 Å². The molecule has 0 saturated heterocycles. The highest BCUT2D eigenvalue weighted by molar-refractivity contribution is 7.89. The Morgan fingerprint density at radius 3 is 2.40 bits per heavy atom. The van der Waals surface area contributed by atoms with E-state index in [1.807, 2.05) is 0 Å². The Morgan fingerprint density at radius 1 is 1.40 bits per heavy atom. The smallest absolute Gasteiger partial charge is 0.240 e. The second kappa shape index (κ2) is 4.05. The van der Waals surface area contributed by atoms with Gasteiger partial charge < -0.3 is 5.73 Å². The van der Waals surface area contributed by atoms with Crippen LogP contribution in [0.5, 0.6) is 0 Å². The Morgan fingerprint density at radius 2 is 2.00 bits per heavy atom. The summed E-state index contributed by atoms with van der Waals surface area (Å²) in [5.41, 5.74) is 6.30. The van der Waals surface area contributed by atoms with Gasteiger partial charge in [-0.2, -0.15) is 0 Å². The van der Waals surface area contributed by atoms with Gasteiger partial charge in [-0.3, -0.25) is 9.90 Å². The molecule has 4 N–H and O–H groups in total. The highest BCUT2D eigenvalue weighted by Gasteiger charge is 2.13. The summed E-state index contributed by atoms with van der Waals surface area (Å²) < 4.78 is 22.1. The molecule has 0 saturated carbocycles. The number of nitrogen functional groups attached to an aromatic ring is 1. The second-order valence-corrected chi connectivity index (χ2v) is 4.48. The molecule has 0 radical (unpaired) electrons. The molecule has 0 heterocycles. The van der Waals surface area contributed by atoms with Gasteiger partial charge in [-0.1, -0.05) is 0 Å². The van der Waals surface area contributed by atoms with Crippen molar-refractivity contribution in [2.75, 3.05) is 25.0 Å². The van der Waals surface area contributed by atoms with Gasteiger partial charge in [0.2, 0.25) is 10.0 Å². The molecule has 0 amide bonds. The number of primary sulfonamides is 1. The van der Waals surface area contributed by atoms with Crippen LogP contribution in [0.2, 0.25) is 0 Å². The molecule has 1 aromatic carbocycles. The molecule has 15 heavy (non-hydrogen) atoms. The van der Waals surface area contributed by atoms with Crippen molar-refractivity contribution >= 4 is 21.4 Å². The van der Waals surface area contributed by atoms with Crippen LogP contribution in [0.4, 0.5) is 11.4 Å². The van der Waals surface area contributed by atoms with Gasteiger partial charge in [0.25, 0.3) is 0 Å². The fourth-order valence-electron chi connectivity index (χ4n) is 1.10. The number of nitrogens with two attached hydrogens (primary N) is 2. The zero-order chi connectivity index (χ0) is 11.6. The van der Waals surface area contributed by atoms with Crippen molar-refractivity contribution in [1.82, 2.24) is 0 Å². The fourth-order valence-corrected chi connectivity index (χ4v) is 1.74. The minimum Gasteiger partial charge on any atom is -0.398 e. The van der Waals surface area contributed by atoms with Crippen LogP contribution < -0.4 is 15.9 Å². The molecular formula is C8H13N3O3S. The molecule has 1 rings (SSSR count). The molecule has 0 aliphatic heterocycles. The number of hydroxylamine groups is 1. The monoisotopic (exact) mass is 231 g/mol. The minimum absolute atomic E-state index is 0.0873. The van der Waals surface area contributed by atoms with Gasteiger partial charge in [0.1, 0.15) is 4.90 Å². The maximum absolute atomic E-state index is 11.1. The standard InChI is InChI=1S/C8H13N3O3S/c1-11(14-2)6-3-4-8(7(9)5-6)15(10,12)13/h3-5H,9H2,1-2H3,(H2,10,12,13). The lowest BCUT2D eigenvalue weighted by atomic mass is 10.3. The van der Waals surface area contributed by atoms with Gasteiger partial charge in [0.15, 0.2) is 0 Å². The lowest BCUT2D eigenvalue weighted by Gasteiger charge is -2.16. The van der Waals surface area contributed by atoms with E-state index in [2.05, 4.69) is 0 Å². The van der Waals surface area contributed by atoms with Crippen molar-refractivity contribution in [3.8, 4) is 0 Å². The quantitative estimate of drug-likeness (QED) is 0.559. The molecule has 84 valence electrons. The maximum Gasteiger partial charge on any atom is 0.240 e. The first-order valence-corrected chi connectivity index (χ1v) is 5.61. The molecule has 0 atom stereocenters. The number of hydrogen-bond acceptors (Lipinski definition) is 5. The van der Waals surface area contributed by atoms with E-state index in [-0.39, 0.29) is 10.6 Å². The molecule has 0 aliphatic rings. The van der Waals surface area contributed by atoms with Crippen molar-refractivity contribution in [3.05, 3.63) is 18.2 Å². The molecule has 0 aromatic heterocycles. The van der Waals surface area contributed by atoms with Crippen LogP contribution >= 0.6 is 0 Å². The van der Waals surface area contributed by atoms with Crippen LogP contribution in [0.15, 0.2) is 23.1 Å². The van der Waals surface area contributed by atoms with Crippen LogP contribution in [-0.2, 0) is 14.9 Å². The third-order valence-electron chi connectivity index (χ3n) is 1.94. The van der Waals surface area contributed by atoms with Crippen molar-refractivity contribution in [1.29, 1.82) is 0 Å². The number of benzene rings is 1. The highest BCUT2D eigenvalue weighted by Crippen LogP contribution is 2.23. The van der Waals surface area contributed by atoms with E-state index in [0.717, 1.165) is 0 Å². The van der Waals surface area contributed by atoms with Crippen LogP contribution in [0.1, 0.15) is 0 Å². The fraction of sp³-hybridized carbons (Fsp3) is 0.250. The number of rotatable bonds is 3. The summed E-state index contributed by atoms with van der Waals surface area (Å²) in [5.74, 6) is 0. The number of anilines is 2. The lowest BCUT2D eigenvalue weighted by molar-refractivity contribution is 0.185. The summed E-state index contributed by atoms with van der Waals surface area (Å²) >= 11 is 0. The largest absolute Gasteiger partial charge is 0.398 e. The van der Waals surface area contributed by atoms with Crippen LogP contribution in [-0.4, -0.2) is 22.6 Å². The van der Waals surface area contributed by atoms with Crippen LogP contribution in [0.25, 0.3) is 0 Å². The van der Waals surface area contributed by atoms with E-state index in [1.165, 1.54) is 24.3 Å². The van der Waals surface area contributed by atoms with E-state index in [0.29, 0.717) is 5.69 Å². The first kappa shape index (κ1) is 11.8. The summed E-state index contributed by atoms with van der Waals surface area (Å²) in [5, 5.41) is 6.41. The van der Waals surface area contributed by atoms with E-state index < -0.39 is 10.0 Å². The van der Waals surface area contributed by atoms with Gasteiger partial charge in [-0.25, -0.2) is 13.6 Å². The Balaban J connectivity index is 3.21. The Labute approximate surface area is 88.4 Å². The summed E-state index contributed by atoms with van der Waals surface area (Å²) in [6.07, 6.45) is 0. The molecule has 1 aromatic rings. The molecule has 0 fully saturated rings. The normalized spacial score (nSPS) is 11.4. The summed E-state index contributed by atoms with van der Waals surface area (Å²) in [6, 6.07) is 4.37. The molecule has 0 unspecified atom stereocenters. The Hall–Kier alpha value is -1.31. The van der Waals surface area contributed by atoms with Gasteiger partial charge >= 0.3 is 0 Å². The summed E-state index contributed by atoms with van der Waals surface area (Å²) in [7, 11) is -0.605. The Kier molecular flexibility index (Phi) is 3.18. The first-order valence-electron chi connectivity index (χ1n) is 4.06. The van der Waals surface area contributed by atoms with Gasteiger partial charge in [-0.05, 0) is 18.2 Å². The number of sulfonamides is 1. The molecular weight excluding hydrogens is 218 g/mol. The predicted octanol–water partition coefficient (Wildman–Crippen LogP) is -0.0862. The van der Waals surface area contributed by atoms with Crippen molar-refractivity contribution in [2.24, 2.45) is 5.14 Å². The molecule has 0 aliphatic carbocycles. The molecule has 6 nitrogen and oxygen atoms in total. The van der Waals surface area contributed by atoms with Crippen LogP contribution in [0, 0.1) is 0 Å². The average molecular weight is 231 g/mol. The Bertz CT molecular complexity index is 458. The SMILES string of the molecule is CON(C)c1ccc(S(N)(=O)=O)c(N)c1. The third kappa shape index (κ3) is 2.58.